The average Bonchev–Trinajstić information content (AvgIpc) is 3.22. The second-order valence-corrected chi connectivity index (χ2v) is 7.60. The number of nitrogens with zero attached hydrogens (tertiary/aromatic N) is 1. The van der Waals surface area contributed by atoms with E-state index in [2.05, 4.69) is 23.7 Å². The Kier molecular flexibility index (Phi) is 5.36. The largest absolute Gasteiger partial charge is 0.493 e. The molecule has 2 amide bonds. The molecule has 0 bridgehead atoms. The smallest absolute Gasteiger partial charge is 0.317 e. The van der Waals surface area contributed by atoms with Crippen LogP contribution < -0.4 is 10.1 Å². The van der Waals surface area contributed by atoms with Crippen LogP contribution in [0.2, 0.25) is 0 Å². The molecule has 1 aromatic carbocycles. The van der Waals surface area contributed by atoms with Gasteiger partial charge in [-0.2, -0.15) is 11.8 Å². The SMILES string of the molecule is CS[C@@H]1CC[C@@H](N(C)C(=O)NCCc2ccc3c(c2)CCO3)C1. The summed E-state index contributed by atoms with van der Waals surface area (Å²) in [4.78, 5) is 14.2. The minimum absolute atomic E-state index is 0.0567. The Bertz CT molecular complexity index is 564. The highest BCUT2D eigenvalue weighted by Crippen LogP contribution is 2.31. The van der Waals surface area contributed by atoms with Crippen LogP contribution in [0.4, 0.5) is 4.79 Å². The molecule has 2 aliphatic rings. The van der Waals surface area contributed by atoms with E-state index in [9.17, 15) is 4.79 Å². The number of amides is 2. The fraction of sp³-hybridized carbons (Fsp3) is 0.611. The zero-order valence-corrected chi connectivity index (χ0v) is 14.8. The Balaban J connectivity index is 1.44. The normalized spacial score (nSPS) is 22.5. The molecule has 23 heavy (non-hydrogen) atoms. The molecular weight excluding hydrogens is 308 g/mol. The first kappa shape index (κ1) is 16.5. The van der Waals surface area contributed by atoms with E-state index in [1.54, 1.807) is 0 Å². The summed E-state index contributed by atoms with van der Waals surface area (Å²) in [6.07, 6.45) is 7.49. The molecule has 0 spiro atoms. The van der Waals surface area contributed by atoms with E-state index in [4.69, 9.17) is 4.74 Å². The first-order valence-electron chi connectivity index (χ1n) is 8.45. The monoisotopic (exact) mass is 334 g/mol. The van der Waals surface area contributed by atoms with Gasteiger partial charge in [-0.3, -0.25) is 0 Å². The Morgan fingerprint density at radius 3 is 3.09 bits per heavy atom. The van der Waals surface area contributed by atoms with Crippen molar-refractivity contribution in [1.29, 1.82) is 0 Å². The van der Waals surface area contributed by atoms with Gasteiger partial charge in [0.25, 0.3) is 0 Å². The quantitative estimate of drug-likeness (QED) is 0.900. The first-order chi connectivity index (χ1) is 11.2. The predicted molar refractivity (Wildman–Crippen MR) is 95.4 cm³/mol. The average molecular weight is 334 g/mol. The highest BCUT2D eigenvalue weighted by molar-refractivity contribution is 7.99. The van der Waals surface area contributed by atoms with E-state index in [-0.39, 0.29) is 6.03 Å². The summed E-state index contributed by atoms with van der Waals surface area (Å²) < 4.78 is 5.52. The molecule has 2 atom stereocenters. The van der Waals surface area contributed by atoms with Crippen molar-refractivity contribution in [2.45, 2.75) is 43.4 Å². The van der Waals surface area contributed by atoms with Crippen molar-refractivity contribution in [3.63, 3.8) is 0 Å². The zero-order valence-electron chi connectivity index (χ0n) is 14.0. The van der Waals surface area contributed by atoms with E-state index >= 15 is 0 Å². The van der Waals surface area contributed by atoms with Crippen molar-refractivity contribution >= 4 is 17.8 Å². The molecule has 1 aliphatic heterocycles. The van der Waals surface area contributed by atoms with Crippen LogP contribution in [0, 0.1) is 0 Å². The molecule has 1 saturated carbocycles. The number of urea groups is 1. The molecule has 3 rings (SSSR count). The van der Waals surface area contributed by atoms with E-state index in [1.165, 1.54) is 17.5 Å². The molecule has 1 aromatic rings. The third kappa shape index (κ3) is 3.94. The van der Waals surface area contributed by atoms with Gasteiger partial charge in [-0.25, -0.2) is 4.79 Å². The molecule has 0 aromatic heterocycles. The number of thioether (sulfide) groups is 1. The Hall–Kier alpha value is -1.36. The number of rotatable bonds is 5. The Morgan fingerprint density at radius 2 is 2.30 bits per heavy atom. The molecule has 0 unspecified atom stereocenters. The van der Waals surface area contributed by atoms with Crippen molar-refractivity contribution in [2.75, 3.05) is 26.5 Å². The lowest BCUT2D eigenvalue weighted by molar-refractivity contribution is 0.191. The zero-order chi connectivity index (χ0) is 16.2. The fourth-order valence-corrected chi connectivity index (χ4v) is 4.27. The van der Waals surface area contributed by atoms with Crippen molar-refractivity contribution in [1.82, 2.24) is 10.2 Å². The summed E-state index contributed by atoms with van der Waals surface area (Å²) in [6, 6.07) is 6.80. The lowest BCUT2D eigenvalue weighted by Gasteiger charge is -2.25. The van der Waals surface area contributed by atoms with Gasteiger partial charge in [-0.1, -0.05) is 12.1 Å². The number of ether oxygens (including phenoxy) is 1. The highest BCUT2D eigenvalue weighted by Gasteiger charge is 2.29. The number of nitrogens with one attached hydrogen (secondary N) is 1. The fourth-order valence-electron chi connectivity index (χ4n) is 3.48. The van der Waals surface area contributed by atoms with Crippen molar-refractivity contribution in [3.05, 3.63) is 29.3 Å². The molecule has 1 N–H and O–H groups in total. The number of fused-ring (bicyclic) bond motifs is 1. The summed E-state index contributed by atoms with van der Waals surface area (Å²) in [7, 11) is 1.93. The topological polar surface area (TPSA) is 41.6 Å². The van der Waals surface area contributed by atoms with Gasteiger partial charge in [-0.05, 0) is 49.1 Å². The molecule has 126 valence electrons. The summed E-state index contributed by atoms with van der Waals surface area (Å²) in [6.45, 7) is 1.47. The molecule has 1 fully saturated rings. The maximum absolute atomic E-state index is 12.3. The summed E-state index contributed by atoms with van der Waals surface area (Å²) in [5, 5.41) is 3.77. The Morgan fingerprint density at radius 1 is 1.43 bits per heavy atom. The van der Waals surface area contributed by atoms with Gasteiger partial charge < -0.3 is 15.0 Å². The van der Waals surface area contributed by atoms with Crippen molar-refractivity contribution < 1.29 is 9.53 Å². The van der Waals surface area contributed by atoms with Crippen LogP contribution in [-0.4, -0.2) is 48.7 Å². The predicted octanol–water partition coefficient (Wildman–Crippen LogP) is 3.09. The summed E-state index contributed by atoms with van der Waals surface area (Å²) >= 11 is 1.92. The molecule has 1 heterocycles. The number of hydrogen-bond donors (Lipinski definition) is 1. The lowest BCUT2D eigenvalue weighted by atomic mass is 10.1. The molecule has 5 heteroatoms. The van der Waals surface area contributed by atoms with Gasteiger partial charge >= 0.3 is 6.03 Å². The van der Waals surface area contributed by atoms with Crippen LogP contribution >= 0.6 is 11.8 Å². The third-order valence-corrected chi connectivity index (χ3v) is 6.10. The lowest BCUT2D eigenvalue weighted by Crippen LogP contribution is -2.43. The highest BCUT2D eigenvalue weighted by atomic mass is 32.2. The van der Waals surface area contributed by atoms with E-state index in [0.29, 0.717) is 17.8 Å². The number of carbonyl (C=O) groups is 1. The van der Waals surface area contributed by atoms with Gasteiger partial charge in [-0.15, -0.1) is 0 Å². The van der Waals surface area contributed by atoms with Gasteiger partial charge in [0.1, 0.15) is 5.75 Å². The van der Waals surface area contributed by atoms with Gasteiger partial charge in [0.2, 0.25) is 0 Å². The number of benzene rings is 1. The Labute approximate surface area is 143 Å². The molecule has 0 radical (unpaired) electrons. The standard InChI is InChI=1S/C18H26N2O2S/c1-20(15-4-5-16(12-15)23-2)18(21)19-9-7-13-3-6-17-14(11-13)8-10-22-17/h3,6,11,15-16H,4-5,7-10,12H2,1-2H3,(H,19,21)/t15-,16-/m1/s1. The molecular formula is C18H26N2O2S. The van der Waals surface area contributed by atoms with Crippen LogP contribution in [0.3, 0.4) is 0 Å². The van der Waals surface area contributed by atoms with E-state index < -0.39 is 0 Å². The first-order valence-corrected chi connectivity index (χ1v) is 9.74. The minimum atomic E-state index is 0.0567. The van der Waals surface area contributed by atoms with Crippen molar-refractivity contribution in [2.24, 2.45) is 0 Å². The third-order valence-electron chi connectivity index (χ3n) is 5.00. The molecule has 1 aliphatic carbocycles. The van der Waals surface area contributed by atoms with E-state index in [0.717, 1.165) is 38.0 Å². The van der Waals surface area contributed by atoms with E-state index in [1.807, 2.05) is 29.8 Å². The number of carbonyl (C=O) groups excluding carboxylic acids is 1. The second-order valence-electron chi connectivity index (χ2n) is 6.46. The van der Waals surface area contributed by atoms with Crippen LogP contribution in [-0.2, 0) is 12.8 Å². The number of hydrogen-bond acceptors (Lipinski definition) is 3. The van der Waals surface area contributed by atoms with Gasteiger partial charge in [0, 0.05) is 31.3 Å². The van der Waals surface area contributed by atoms with Crippen LogP contribution in [0.5, 0.6) is 5.75 Å². The molecule has 0 saturated heterocycles. The van der Waals surface area contributed by atoms with Crippen LogP contribution in [0.15, 0.2) is 18.2 Å². The van der Waals surface area contributed by atoms with Crippen molar-refractivity contribution in [3.8, 4) is 5.75 Å². The van der Waals surface area contributed by atoms with Crippen LogP contribution in [0.1, 0.15) is 30.4 Å². The maximum Gasteiger partial charge on any atom is 0.317 e. The van der Waals surface area contributed by atoms with Crippen LogP contribution in [0.25, 0.3) is 0 Å². The summed E-state index contributed by atoms with van der Waals surface area (Å²) in [5.41, 5.74) is 2.56. The minimum Gasteiger partial charge on any atom is -0.493 e. The van der Waals surface area contributed by atoms with Gasteiger partial charge in [0.15, 0.2) is 0 Å². The molecule has 4 nitrogen and oxygen atoms in total. The maximum atomic E-state index is 12.3. The summed E-state index contributed by atoms with van der Waals surface area (Å²) in [5.74, 6) is 1.02. The van der Waals surface area contributed by atoms with Gasteiger partial charge in [0.05, 0.1) is 6.61 Å². The second kappa shape index (κ2) is 7.47.